The van der Waals surface area contributed by atoms with E-state index in [1.165, 1.54) is 57.0 Å². The Morgan fingerprint density at radius 1 is 0.647 bits per heavy atom. The van der Waals surface area contributed by atoms with Crippen LogP contribution in [0, 0.1) is 11.8 Å². The quantitative estimate of drug-likeness (QED) is 0.270. The predicted octanol–water partition coefficient (Wildman–Crippen LogP) is 9.06. The maximum Gasteiger partial charge on any atom is 0.0541 e. The van der Waals surface area contributed by atoms with Crippen LogP contribution in [0.5, 0.6) is 0 Å². The molecule has 3 unspecified atom stereocenters. The fraction of sp³-hybridized carbons (Fsp3) is 0.394. The van der Waals surface area contributed by atoms with Crippen molar-refractivity contribution in [3.8, 4) is 5.69 Å². The molecular formula is C33H37N. The Morgan fingerprint density at radius 3 is 1.65 bits per heavy atom. The molecule has 4 aromatic rings. The smallest absolute Gasteiger partial charge is 0.0541 e. The van der Waals surface area contributed by atoms with Crippen LogP contribution in [-0.4, -0.2) is 4.57 Å². The first-order valence-corrected chi connectivity index (χ1v) is 13.0. The first-order chi connectivity index (χ1) is 16.1. The van der Waals surface area contributed by atoms with Gasteiger partial charge in [0.2, 0.25) is 0 Å². The topological polar surface area (TPSA) is 4.93 Å². The van der Waals surface area contributed by atoms with E-state index in [-0.39, 0.29) is 10.8 Å². The lowest BCUT2D eigenvalue weighted by Gasteiger charge is -2.20. The molecule has 2 bridgehead atoms. The number of fused-ring (bicyclic) bond motifs is 5. The largest absolute Gasteiger partial charge is 0.309 e. The summed E-state index contributed by atoms with van der Waals surface area (Å²) in [6, 6.07) is 23.6. The number of hydrogen-bond donors (Lipinski definition) is 0. The Hall–Kier alpha value is -2.80. The summed E-state index contributed by atoms with van der Waals surface area (Å²) < 4.78 is 2.47. The van der Waals surface area contributed by atoms with Crippen LogP contribution < -0.4 is 0 Å². The third-order valence-corrected chi connectivity index (χ3v) is 8.36. The Kier molecular flexibility index (Phi) is 4.69. The Balaban J connectivity index is 1.52. The number of aromatic nitrogens is 1. The van der Waals surface area contributed by atoms with Gasteiger partial charge in [-0.15, -0.1) is 0 Å². The molecule has 0 spiro atoms. The summed E-state index contributed by atoms with van der Waals surface area (Å²) in [7, 11) is 0. The average Bonchev–Trinajstić information content (AvgIpc) is 3.50. The number of rotatable bonds is 2. The molecule has 0 radical (unpaired) electrons. The number of benzene rings is 3. The van der Waals surface area contributed by atoms with Crippen LogP contribution in [0.25, 0.3) is 27.5 Å². The average molecular weight is 448 g/mol. The van der Waals surface area contributed by atoms with Gasteiger partial charge >= 0.3 is 0 Å². The van der Waals surface area contributed by atoms with E-state index in [9.17, 15) is 0 Å². The van der Waals surface area contributed by atoms with Gasteiger partial charge in [0.25, 0.3) is 0 Å². The van der Waals surface area contributed by atoms with Crippen LogP contribution in [-0.2, 0) is 10.8 Å². The summed E-state index contributed by atoms with van der Waals surface area (Å²) in [5.41, 5.74) is 8.39. The van der Waals surface area contributed by atoms with E-state index in [0.29, 0.717) is 5.92 Å². The zero-order valence-electron chi connectivity index (χ0n) is 21.5. The normalized spacial score (nSPS) is 22.4. The van der Waals surface area contributed by atoms with Gasteiger partial charge in [0.05, 0.1) is 11.0 Å². The van der Waals surface area contributed by atoms with Gasteiger partial charge in [0.15, 0.2) is 0 Å². The van der Waals surface area contributed by atoms with Gasteiger partial charge < -0.3 is 4.57 Å². The highest BCUT2D eigenvalue weighted by Crippen LogP contribution is 2.49. The molecule has 34 heavy (non-hydrogen) atoms. The Bertz CT molecular complexity index is 1340. The molecule has 0 amide bonds. The van der Waals surface area contributed by atoms with Crippen molar-refractivity contribution in [1.82, 2.24) is 4.57 Å². The van der Waals surface area contributed by atoms with Gasteiger partial charge in [-0.05, 0) is 94.5 Å². The van der Waals surface area contributed by atoms with Crippen molar-refractivity contribution in [2.24, 2.45) is 11.8 Å². The zero-order valence-corrected chi connectivity index (χ0v) is 21.5. The SMILES string of the molecule is CC(C)(C)c1ccc2c(c1)c1cc(C(C)(C)C)ccc1n2-c1ccc(C2CC3C=CC2C3)cc1. The summed E-state index contributed by atoms with van der Waals surface area (Å²) >= 11 is 0. The van der Waals surface area contributed by atoms with Crippen molar-refractivity contribution in [3.63, 3.8) is 0 Å². The minimum Gasteiger partial charge on any atom is -0.309 e. The van der Waals surface area contributed by atoms with Crippen LogP contribution in [0.4, 0.5) is 0 Å². The first-order valence-electron chi connectivity index (χ1n) is 13.0. The zero-order chi connectivity index (χ0) is 23.8. The van der Waals surface area contributed by atoms with E-state index in [4.69, 9.17) is 0 Å². The van der Waals surface area contributed by atoms with Gasteiger partial charge in [-0.1, -0.05) is 78.0 Å². The molecule has 1 heteroatoms. The van der Waals surface area contributed by atoms with Gasteiger partial charge in [0, 0.05) is 16.5 Å². The molecule has 2 aliphatic carbocycles. The summed E-state index contributed by atoms with van der Waals surface area (Å²) in [5, 5.41) is 2.71. The molecule has 1 fully saturated rings. The Morgan fingerprint density at radius 2 is 1.21 bits per heavy atom. The van der Waals surface area contributed by atoms with E-state index in [2.05, 4.69) is 119 Å². The molecule has 0 saturated heterocycles. The summed E-state index contributed by atoms with van der Waals surface area (Å²) in [6.45, 7) is 13.8. The Labute approximate surface area is 204 Å². The van der Waals surface area contributed by atoms with Crippen LogP contribution in [0.15, 0.2) is 72.8 Å². The molecule has 6 rings (SSSR count). The predicted molar refractivity (Wildman–Crippen MR) is 146 cm³/mol. The summed E-state index contributed by atoms with van der Waals surface area (Å²) in [6.07, 6.45) is 7.57. The van der Waals surface area contributed by atoms with Crippen molar-refractivity contribution in [2.75, 3.05) is 0 Å². The van der Waals surface area contributed by atoms with E-state index >= 15 is 0 Å². The van der Waals surface area contributed by atoms with Crippen molar-refractivity contribution >= 4 is 21.8 Å². The number of hydrogen-bond acceptors (Lipinski definition) is 0. The van der Waals surface area contributed by atoms with Crippen molar-refractivity contribution in [2.45, 2.75) is 71.1 Å². The molecule has 1 aromatic heterocycles. The third-order valence-electron chi connectivity index (χ3n) is 8.36. The highest BCUT2D eigenvalue weighted by atomic mass is 15.0. The monoisotopic (exact) mass is 447 g/mol. The second kappa shape index (κ2) is 7.35. The van der Waals surface area contributed by atoms with Gasteiger partial charge in [-0.3, -0.25) is 0 Å². The molecule has 3 aromatic carbocycles. The summed E-state index contributed by atoms with van der Waals surface area (Å²) in [4.78, 5) is 0. The standard InChI is InChI=1S/C33H37N/c1-32(2,3)24-11-15-30-28(19-24)29-20-25(33(4,5)6)12-16-31(29)34(30)26-13-9-22(10-14-26)27-18-21-7-8-23(27)17-21/h7-16,19-21,23,27H,17-18H2,1-6H3. The second-order valence-corrected chi connectivity index (χ2v) is 12.8. The highest BCUT2D eigenvalue weighted by molar-refractivity contribution is 6.09. The molecule has 1 nitrogen and oxygen atoms in total. The van der Waals surface area contributed by atoms with E-state index in [1.807, 2.05) is 0 Å². The molecule has 1 heterocycles. The number of allylic oxidation sites excluding steroid dienone is 2. The molecule has 0 N–H and O–H groups in total. The molecule has 0 aliphatic heterocycles. The molecule has 3 atom stereocenters. The van der Waals surface area contributed by atoms with Crippen LogP contribution in [0.3, 0.4) is 0 Å². The fourth-order valence-corrected chi connectivity index (χ4v) is 6.27. The summed E-state index contributed by atoms with van der Waals surface area (Å²) in [5.74, 6) is 2.25. The molecular weight excluding hydrogens is 410 g/mol. The molecule has 174 valence electrons. The third kappa shape index (κ3) is 3.44. The van der Waals surface area contributed by atoms with E-state index in [0.717, 1.165) is 11.8 Å². The van der Waals surface area contributed by atoms with Crippen LogP contribution in [0.1, 0.15) is 77.0 Å². The van der Waals surface area contributed by atoms with Crippen molar-refractivity contribution in [1.29, 1.82) is 0 Å². The van der Waals surface area contributed by atoms with Crippen molar-refractivity contribution < 1.29 is 0 Å². The lowest BCUT2D eigenvalue weighted by Crippen LogP contribution is -2.10. The first kappa shape index (κ1) is 21.7. The lowest BCUT2D eigenvalue weighted by atomic mass is 9.85. The minimum absolute atomic E-state index is 0.126. The van der Waals surface area contributed by atoms with Gasteiger partial charge in [-0.2, -0.15) is 0 Å². The van der Waals surface area contributed by atoms with Crippen LogP contribution in [0.2, 0.25) is 0 Å². The van der Waals surface area contributed by atoms with Gasteiger partial charge in [-0.25, -0.2) is 0 Å². The number of nitrogens with zero attached hydrogens (tertiary/aromatic N) is 1. The van der Waals surface area contributed by atoms with Gasteiger partial charge in [0.1, 0.15) is 0 Å². The van der Waals surface area contributed by atoms with Crippen molar-refractivity contribution in [3.05, 3.63) is 89.5 Å². The maximum atomic E-state index is 2.47. The highest BCUT2D eigenvalue weighted by Gasteiger charge is 2.36. The van der Waals surface area contributed by atoms with Crippen LogP contribution >= 0.6 is 0 Å². The lowest BCUT2D eigenvalue weighted by molar-refractivity contribution is 0.585. The minimum atomic E-state index is 0.126. The van der Waals surface area contributed by atoms with E-state index < -0.39 is 0 Å². The molecule has 1 saturated carbocycles. The fourth-order valence-electron chi connectivity index (χ4n) is 6.27. The van der Waals surface area contributed by atoms with E-state index in [1.54, 1.807) is 0 Å². The second-order valence-electron chi connectivity index (χ2n) is 12.8. The molecule has 2 aliphatic rings. The maximum absolute atomic E-state index is 2.47.